The van der Waals surface area contributed by atoms with Gasteiger partial charge in [-0.05, 0) is 32.4 Å². The molecule has 4 heteroatoms. The molecule has 2 N–H and O–H groups in total. The summed E-state index contributed by atoms with van der Waals surface area (Å²) in [4.78, 5) is 2.15. The number of anilines is 1. The van der Waals surface area contributed by atoms with Crippen LogP contribution in [0.2, 0.25) is 0 Å². The molecule has 1 aromatic rings. The second-order valence-corrected chi connectivity index (χ2v) is 5.34. The van der Waals surface area contributed by atoms with E-state index in [1.54, 1.807) is 0 Å². The van der Waals surface area contributed by atoms with Gasteiger partial charge in [-0.25, -0.2) is 0 Å². The van der Waals surface area contributed by atoms with E-state index in [4.69, 9.17) is 15.2 Å². The van der Waals surface area contributed by atoms with Gasteiger partial charge in [0.05, 0.1) is 0 Å². The predicted molar refractivity (Wildman–Crippen MR) is 68.8 cm³/mol. The molecule has 0 radical (unpaired) electrons. The molecule has 0 amide bonds. The Labute approximate surface area is 102 Å². The Hall–Kier alpha value is -1.42. The van der Waals surface area contributed by atoms with E-state index in [0.717, 1.165) is 23.7 Å². The van der Waals surface area contributed by atoms with Gasteiger partial charge in [0, 0.05) is 30.9 Å². The van der Waals surface area contributed by atoms with Gasteiger partial charge in [0.15, 0.2) is 11.5 Å². The normalized spacial score (nSPS) is 13.9. The van der Waals surface area contributed by atoms with Gasteiger partial charge in [-0.2, -0.15) is 0 Å². The largest absolute Gasteiger partial charge is 0.454 e. The summed E-state index contributed by atoms with van der Waals surface area (Å²) in [6.07, 6.45) is 0. The molecule has 1 aromatic carbocycles. The van der Waals surface area contributed by atoms with Gasteiger partial charge in [-0.15, -0.1) is 0 Å². The molecule has 4 nitrogen and oxygen atoms in total. The molecule has 94 valence electrons. The Morgan fingerprint density at radius 2 is 1.88 bits per heavy atom. The first-order valence-corrected chi connectivity index (χ1v) is 5.77. The van der Waals surface area contributed by atoms with Crippen molar-refractivity contribution in [3.8, 4) is 11.5 Å². The molecule has 0 atom stereocenters. The fraction of sp³-hybridized carbons (Fsp3) is 0.538. The lowest BCUT2D eigenvalue weighted by atomic mass is 10.1. The van der Waals surface area contributed by atoms with Crippen molar-refractivity contribution >= 4 is 5.69 Å². The highest BCUT2D eigenvalue weighted by atomic mass is 16.7. The van der Waals surface area contributed by atoms with Crippen molar-refractivity contribution < 1.29 is 9.47 Å². The number of benzene rings is 1. The minimum absolute atomic E-state index is 0.225. The average molecular weight is 236 g/mol. The number of hydrogen-bond acceptors (Lipinski definition) is 4. The number of hydrogen-bond donors (Lipinski definition) is 1. The molecule has 0 aromatic heterocycles. The minimum Gasteiger partial charge on any atom is -0.454 e. The summed E-state index contributed by atoms with van der Waals surface area (Å²) in [5.41, 5.74) is 8.11. The van der Waals surface area contributed by atoms with E-state index < -0.39 is 0 Å². The summed E-state index contributed by atoms with van der Waals surface area (Å²) in [6, 6.07) is 4.03. The van der Waals surface area contributed by atoms with Crippen LogP contribution in [0.4, 0.5) is 5.69 Å². The molecule has 0 aliphatic carbocycles. The lowest BCUT2D eigenvalue weighted by Crippen LogP contribution is -2.44. The molecule has 0 spiro atoms. The molecule has 0 bridgehead atoms. The highest BCUT2D eigenvalue weighted by Crippen LogP contribution is 2.37. The fourth-order valence-corrected chi connectivity index (χ4v) is 2.14. The quantitative estimate of drug-likeness (QED) is 0.870. The van der Waals surface area contributed by atoms with Crippen molar-refractivity contribution in [2.45, 2.75) is 26.3 Å². The Morgan fingerprint density at radius 1 is 1.29 bits per heavy atom. The molecule has 1 aliphatic rings. The van der Waals surface area contributed by atoms with Gasteiger partial charge in [0.2, 0.25) is 6.79 Å². The Morgan fingerprint density at radius 3 is 2.47 bits per heavy atom. The number of likely N-dealkylation sites (N-methyl/N-ethyl adjacent to an activating group) is 1. The molecule has 1 heterocycles. The molecule has 1 aliphatic heterocycles. The van der Waals surface area contributed by atoms with Crippen LogP contribution >= 0.6 is 0 Å². The molecular formula is C13H20N2O2. The van der Waals surface area contributed by atoms with Crippen molar-refractivity contribution in [2.75, 3.05) is 25.3 Å². The number of rotatable bonds is 3. The third-order valence-corrected chi connectivity index (χ3v) is 2.75. The number of ether oxygens (including phenoxy) is 2. The zero-order valence-electron chi connectivity index (χ0n) is 10.9. The molecule has 2 rings (SSSR count). The van der Waals surface area contributed by atoms with Gasteiger partial charge >= 0.3 is 0 Å². The Balaban J connectivity index is 2.26. The van der Waals surface area contributed by atoms with E-state index in [-0.39, 0.29) is 5.54 Å². The van der Waals surface area contributed by atoms with Crippen LogP contribution < -0.4 is 20.1 Å². The number of nitrogens with two attached hydrogens (primary N) is 1. The molecule has 0 fully saturated rings. The van der Waals surface area contributed by atoms with Crippen molar-refractivity contribution in [3.05, 3.63) is 17.7 Å². The van der Waals surface area contributed by atoms with Gasteiger partial charge in [0.25, 0.3) is 0 Å². The maximum absolute atomic E-state index is 6.04. The fourth-order valence-electron chi connectivity index (χ4n) is 2.14. The van der Waals surface area contributed by atoms with Crippen molar-refractivity contribution in [1.29, 1.82) is 0 Å². The van der Waals surface area contributed by atoms with Crippen LogP contribution in [-0.2, 0) is 0 Å². The van der Waals surface area contributed by atoms with Gasteiger partial charge < -0.3 is 20.1 Å². The van der Waals surface area contributed by atoms with E-state index in [2.05, 4.69) is 11.8 Å². The maximum Gasteiger partial charge on any atom is 0.231 e. The van der Waals surface area contributed by atoms with Crippen molar-refractivity contribution in [1.82, 2.24) is 0 Å². The summed E-state index contributed by atoms with van der Waals surface area (Å²) in [5.74, 6) is 1.64. The second kappa shape index (κ2) is 4.11. The summed E-state index contributed by atoms with van der Waals surface area (Å²) in [7, 11) is 2.04. The summed E-state index contributed by atoms with van der Waals surface area (Å²) in [6.45, 7) is 7.20. The minimum atomic E-state index is -0.225. The number of aryl methyl sites for hydroxylation is 1. The van der Waals surface area contributed by atoms with Crippen LogP contribution in [0.5, 0.6) is 11.5 Å². The lowest BCUT2D eigenvalue weighted by Gasteiger charge is -2.29. The van der Waals surface area contributed by atoms with Crippen LogP contribution in [0.15, 0.2) is 12.1 Å². The third kappa shape index (κ3) is 2.64. The highest BCUT2D eigenvalue weighted by molar-refractivity contribution is 5.62. The first-order chi connectivity index (χ1) is 7.87. The van der Waals surface area contributed by atoms with Crippen LogP contribution in [-0.4, -0.2) is 25.9 Å². The van der Waals surface area contributed by atoms with Crippen LogP contribution in [0.3, 0.4) is 0 Å². The van der Waals surface area contributed by atoms with E-state index in [1.807, 2.05) is 33.0 Å². The summed E-state index contributed by atoms with van der Waals surface area (Å²) < 4.78 is 10.7. The SMILES string of the molecule is Cc1cc2c(cc1N(C)CC(C)(C)N)OCO2. The van der Waals surface area contributed by atoms with Gasteiger partial charge in [-0.3, -0.25) is 0 Å². The van der Waals surface area contributed by atoms with Crippen LogP contribution in [0.1, 0.15) is 19.4 Å². The van der Waals surface area contributed by atoms with Crippen LogP contribution in [0.25, 0.3) is 0 Å². The number of nitrogens with zero attached hydrogens (tertiary/aromatic N) is 1. The third-order valence-electron chi connectivity index (χ3n) is 2.75. The molecule has 0 unspecified atom stereocenters. The molecule has 0 saturated carbocycles. The zero-order chi connectivity index (χ0) is 12.6. The lowest BCUT2D eigenvalue weighted by molar-refractivity contribution is 0.174. The van der Waals surface area contributed by atoms with Crippen molar-refractivity contribution in [2.24, 2.45) is 5.73 Å². The van der Waals surface area contributed by atoms with E-state index >= 15 is 0 Å². The smallest absolute Gasteiger partial charge is 0.231 e. The predicted octanol–water partition coefficient (Wildman–Crippen LogP) is 1.90. The molecule has 17 heavy (non-hydrogen) atoms. The van der Waals surface area contributed by atoms with E-state index in [0.29, 0.717) is 6.79 Å². The Bertz CT molecular complexity index is 424. The van der Waals surface area contributed by atoms with Gasteiger partial charge in [0.1, 0.15) is 0 Å². The Kier molecular flexibility index (Phi) is 2.91. The first kappa shape index (κ1) is 12.0. The van der Waals surface area contributed by atoms with Crippen LogP contribution in [0, 0.1) is 6.92 Å². The average Bonchev–Trinajstić information content (AvgIpc) is 2.60. The molecular weight excluding hydrogens is 216 g/mol. The van der Waals surface area contributed by atoms with Crippen molar-refractivity contribution in [3.63, 3.8) is 0 Å². The highest BCUT2D eigenvalue weighted by Gasteiger charge is 2.20. The topological polar surface area (TPSA) is 47.7 Å². The number of fused-ring (bicyclic) bond motifs is 1. The summed E-state index contributed by atoms with van der Waals surface area (Å²) >= 11 is 0. The molecule has 0 saturated heterocycles. The first-order valence-electron chi connectivity index (χ1n) is 5.77. The maximum atomic E-state index is 6.04. The zero-order valence-corrected chi connectivity index (χ0v) is 10.9. The van der Waals surface area contributed by atoms with E-state index in [1.165, 1.54) is 5.56 Å². The van der Waals surface area contributed by atoms with E-state index in [9.17, 15) is 0 Å². The summed E-state index contributed by atoms with van der Waals surface area (Å²) in [5, 5.41) is 0. The second-order valence-electron chi connectivity index (χ2n) is 5.34. The standard InChI is InChI=1S/C13H20N2O2/c1-9-5-11-12(17-8-16-11)6-10(9)15(4)7-13(2,3)14/h5-6H,7-8,14H2,1-4H3. The monoisotopic (exact) mass is 236 g/mol. The van der Waals surface area contributed by atoms with Gasteiger partial charge in [-0.1, -0.05) is 0 Å².